The van der Waals surface area contributed by atoms with Gasteiger partial charge in [-0.15, -0.1) is 11.6 Å². The predicted molar refractivity (Wildman–Crippen MR) is 140 cm³/mol. The molecule has 184 valence electrons. The van der Waals surface area contributed by atoms with Gasteiger partial charge >= 0.3 is 5.97 Å². The number of aliphatic carboxylic acids is 1. The molecule has 2 N–H and O–H groups in total. The number of carboxylic acid groups (broad SMARTS) is 1. The maximum absolute atomic E-state index is 11.3. The summed E-state index contributed by atoms with van der Waals surface area (Å²) in [6.45, 7) is 4.05. The third-order valence-electron chi connectivity index (χ3n) is 7.49. The number of benzene rings is 1. The lowest BCUT2D eigenvalue weighted by atomic mass is 9.77. The van der Waals surface area contributed by atoms with Crippen molar-refractivity contribution in [2.75, 3.05) is 0 Å². The Morgan fingerprint density at radius 2 is 1.86 bits per heavy atom. The third-order valence-corrected chi connectivity index (χ3v) is 7.79. The summed E-state index contributed by atoms with van der Waals surface area (Å²) in [7, 11) is 0. The number of nitrogens with zero attached hydrogens (tertiary/aromatic N) is 2. The highest BCUT2D eigenvalue weighted by Gasteiger charge is 2.28. The Kier molecular flexibility index (Phi) is 8.07. The molecule has 0 saturated heterocycles. The van der Waals surface area contributed by atoms with Gasteiger partial charge in [0.2, 0.25) is 0 Å². The van der Waals surface area contributed by atoms with Gasteiger partial charge in [-0.2, -0.15) is 0 Å². The number of oxime groups is 1. The molecule has 35 heavy (non-hydrogen) atoms. The fourth-order valence-electron chi connectivity index (χ4n) is 5.46. The first-order valence-corrected chi connectivity index (χ1v) is 12.8. The van der Waals surface area contributed by atoms with Crippen molar-refractivity contribution in [2.45, 2.75) is 69.6 Å². The maximum Gasteiger partial charge on any atom is 0.306 e. The quantitative estimate of drug-likeness (QED) is 0.189. The van der Waals surface area contributed by atoms with Gasteiger partial charge in [-0.1, -0.05) is 47.1 Å². The molecule has 2 atom stereocenters. The number of carboxylic acids is 1. The largest absolute Gasteiger partial charge is 0.481 e. The summed E-state index contributed by atoms with van der Waals surface area (Å²) in [5, 5.41) is 22.9. The molecule has 2 aliphatic carbocycles. The molecule has 1 aromatic carbocycles. The fourth-order valence-corrected chi connectivity index (χ4v) is 5.76. The van der Waals surface area contributed by atoms with E-state index in [4.69, 9.17) is 11.6 Å². The smallest absolute Gasteiger partial charge is 0.306 e. The number of pyridine rings is 1. The number of aryl methyl sites for hydroxylation is 1. The maximum atomic E-state index is 11.3. The van der Waals surface area contributed by atoms with E-state index in [0.717, 1.165) is 48.9 Å². The molecule has 1 heterocycles. The molecule has 0 radical (unpaired) electrons. The summed E-state index contributed by atoms with van der Waals surface area (Å²) in [5.41, 5.74) is 7.25. The lowest BCUT2D eigenvalue weighted by Gasteiger charge is -2.28. The first kappa shape index (κ1) is 25.2. The van der Waals surface area contributed by atoms with Crippen molar-refractivity contribution < 1.29 is 15.1 Å². The second kappa shape index (κ2) is 11.2. The van der Waals surface area contributed by atoms with Crippen molar-refractivity contribution in [1.29, 1.82) is 0 Å². The molecule has 1 saturated carbocycles. The summed E-state index contributed by atoms with van der Waals surface area (Å²) in [6.07, 6.45) is 10.5. The molecule has 1 aromatic heterocycles. The van der Waals surface area contributed by atoms with Gasteiger partial charge in [0.25, 0.3) is 0 Å². The van der Waals surface area contributed by atoms with Crippen molar-refractivity contribution in [3.8, 4) is 0 Å². The molecule has 0 amide bonds. The molecule has 6 heteroatoms. The first-order valence-electron chi connectivity index (χ1n) is 12.3. The Morgan fingerprint density at radius 1 is 1.14 bits per heavy atom. The Morgan fingerprint density at radius 3 is 2.46 bits per heavy atom. The normalized spacial score (nSPS) is 23.9. The summed E-state index contributed by atoms with van der Waals surface area (Å²) in [4.78, 5) is 15.6. The highest BCUT2D eigenvalue weighted by molar-refractivity contribution is 6.22. The van der Waals surface area contributed by atoms with Crippen LogP contribution in [0.3, 0.4) is 0 Å². The molecule has 0 aliphatic heterocycles. The molecule has 0 bridgehead atoms. The van der Waals surface area contributed by atoms with Gasteiger partial charge in [0, 0.05) is 29.8 Å². The van der Waals surface area contributed by atoms with Crippen molar-refractivity contribution in [3.63, 3.8) is 0 Å². The van der Waals surface area contributed by atoms with E-state index in [9.17, 15) is 15.1 Å². The molecule has 5 nitrogen and oxygen atoms in total. The number of allylic oxidation sites excluding steroid dienone is 4. The van der Waals surface area contributed by atoms with E-state index < -0.39 is 5.97 Å². The molecule has 4 rings (SSSR count). The topological polar surface area (TPSA) is 82.8 Å². The third kappa shape index (κ3) is 6.02. The number of alkyl halides is 1. The van der Waals surface area contributed by atoms with Crippen LogP contribution in [0, 0.1) is 12.8 Å². The zero-order valence-corrected chi connectivity index (χ0v) is 21.1. The van der Waals surface area contributed by atoms with Gasteiger partial charge in [-0.05, 0) is 80.7 Å². The number of hydrogen-bond acceptors (Lipinski definition) is 4. The average Bonchev–Trinajstić information content (AvgIpc) is 2.86. The van der Waals surface area contributed by atoms with E-state index in [-0.39, 0.29) is 17.2 Å². The molecule has 1 fully saturated rings. The average molecular weight is 493 g/mol. The van der Waals surface area contributed by atoms with E-state index in [1.807, 2.05) is 25.1 Å². The van der Waals surface area contributed by atoms with E-state index in [2.05, 4.69) is 47.4 Å². The molecule has 1 unspecified atom stereocenters. The van der Waals surface area contributed by atoms with Crippen LogP contribution >= 0.6 is 11.6 Å². The fraction of sp³-hybridized carbons (Fsp3) is 0.414. The van der Waals surface area contributed by atoms with Gasteiger partial charge in [0.05, 0.1) is 17.0 Å². The molecular formula is C29H33ClN2O3. The van der Waals surface area contributed by atoms with Crippen LogP contribution in [0.15, 0.2) is 71.0 Å². The molecule has 2 aliphatic rings. The zero-order chi connectivity index (χ0) is 24.9. The predicted octanol–water partition coefficient (Wildman–Crippen LogP) is 6.98. The van der Waals surface area contributed by atoms with Crippen LogP contribution < -0.4 is 0 Å². The lowest BCUT2D eigenvalue weighted by molar-refractivity contribution is -0.142. The van der Waals surface area contributed by atoms with Crippen molar-refractivity contribution in [3.05, 3.63) is 88.3 Å². The number of rotatable bonds is 7. The van der Waals surface area contributed by atoms with Gasteiger partial charge in [-0.3, -0.25) is 9.78 Å². The van der Waals surface area contributed by atoms with E-state index in [1.165, 1.54) is 16.7 Å². The minimum Gasteiger partial charge on any atom is -0.481 e. The van der Waals surface area contributed by atoms with Crippen LogP contribution in [0.2, 0.25) is 0 Å². The molecule has 2 aromatic rings. The Bertz CT molecular complexity index is 1140. The number of carbonyl (C=O) groups is 1. The number of aromatic nitrogens is 1. The highest BCUT2D eigenvalue weighted by atomic mass is 35.5. The number of hydrogen-bond donors (Lipinski definition) is 2. The lowest BCUT2D eigenvalue weighted by Crippen LogP contribution is -2.20. The van der Waals surface area contributed by atoms with Crippen molar-refractivity contribution >= 4 is 23.3 Å². The monoisotopic (exact) mass is 492 g/mol. The summed E-state index contributed by atoms with van der Waals surface area (Å²) in [6, 6.07) is 12.5. The van der Waals surface area contributed by atoms with Crippen LogP contribution in [0.5, 0.6) is 0 Å². The Balaban J connectivity index is 1.61. The van der Waals surface area contributed by atoms with E-state index in [1.54, 1.807) is 6.20 Å². The molecule has 0 spiro atoms. The Hall–Kier alpha value is -2.92. The zero-order valence-electron chi connectivity index (χ0n) is 20.3. The Labute approximate surface area is 212 Å². The van der Waals surface area contributed by atoms with Gasteiger partial charge < -0.3 is 10.3 Å². The first-order chi connectivity index (χ1) is 16.9. The van der Waals surface area contributed by atoms with Crippen LogP contribution in [0.4, 0.5) is 0 Å². The van der Waals surface area contributed by atoms with Crippen molar-refractivity contribution in [1.82, 2.24) is 4.98 Å². The van der Waals surface area contributed by atoms with Gasteiger partial charge in [0.1, 0.15) is 0 Å². The molecular weight excluding hydrogens is 460 g/mol. The summed E-state index contributed by atoms with van der Waals surface area (Å²) in [5.74, 6) is -0.455. The summed E-state index contributed by atoms with van der Waals surface area (Å²) < 4.78 is 0. The van der Waals surface area contributed by atoms with Crippen LogP contribution in [-0.2, 0) is 4.79 Å². The SMILES string of the molecule is CC1=C([C@H](C/C(=N\O)c2ccnc(C)c2)c2ccc(C3CCC(C(=O)O)CC3)cc2)C=CC(Cl)C1. The van der Waals surface area contributed by atoms with Crippen LogP contribution in [0.25, 0.3) is 0 Å². The minimum absolute atomic E-state index is 0.00321. The second-order valence-corrected chi connectivity index (χ2v) is 10.4. The van der Waals surface area contributed by atoms with Crippen LogP contribution in [0.1, 0.15) is 79.7 Å². The van der Waals surface area contributed by atoms with Crippen molar-refractivity contribution in [2.24, 2.45) is 11.1 Å². The van der Waals surface area contributed by atoms with Gasteiger partial charge in [-0.25, -0.2) is 0 Å². The second-order valence-electron chi connectivity index (χ2n) is 9.86. The summed E-state index contributed by atoms with van der Waals surface area (Å²) >= 11 is 6.38. The van der Waals surface area contributed by atoms with Gasteiger partial charge in [0.15, 0.2) is 0 Å². The van der Waals surface area contributed by atoms with Crippen LogP contribution in [-0.4, -0.2) is 32.4 Å². The highest BCUT2D eigenvalue weighted by Crippen LogP contribution is 2.39. The minimum atomic E-state index is -0.671. The standard InChI is InChI=1S/C29H33ClN2O3/c1-18-15-25(30)11-12-26(18)27(17-28(32-35)24-13-14-31-19(2)16-24)22-7-3-20(4-8-22)21-5-9-23(10-6-21)29(33)34/h3-4,7-8,11-14,16,21,23,25,27,35H,5-6,9-10,15,17H2,1-2H3,(H,33,34)/b32-28+/t21?,23?,25?,27-/m1/s1. The van der Waals surface area contributed by atoms with E-state index >= 15 is 0 Å². The number of halogens is 1. The van der Waals surface area contributed by atoms with E-state index in [0.29, 0.717) is 18.1 Å².